The average Bonchev–Trinajstić information content (AvgIpc) is 2.97. The first kappa shape index (κ1) is 16.1. The third-order valence-corrected chi connectivity index (χ3v) is 5.98. The Bertz CT molecular complexity index is 622. The van der Waals surface area contributed by atoms with Crippen molar-refractivity contribution in [2.45, 2.75) is 38.1 Å². The Kier molecular flexibility index (Phi) is 5.13. The van der Waals surface area contributed by atoms with Gasteiger partial charge >= 0.3 is 0 Å². The van der Waals surface area contributed by atoms with E-state index in [4.69, 9.17) is 0 Å². The molecule has 0 amide bonds. The summed E-state index contributed by atoms with van der Waals surface area (Å²) in [5.41, 5.74) is -0.228. The lowest BCUT2D eigenvalue weighted by Gasteiger charge is -2.28. The first-order chi connectivity index (χ1) is 9.91. The molecular formula is C13H22N4O3S. The maximum atomic E-state index is 12.5. The molecular weight excluding hydrogens is 292 g/mol. The van der Waals surface area contributed by atoms with E-state index in [9.17, 15) is 13.2 Å². The van der Waals surface area contributed by atoms with E-state index in [0.717, 1.165) is 25.7 Å². The van der Waals surface area contributed by atoms with Gasteiger partial charge < -0.3 is 4.98 Å². The SMILES string of the molecule is CN(CCc1nccc(=O)[nH]1)S(=O)(=O)N(C)C1CCCC1. The van der Waals surface area contributed by atoms with Gasteiger partial charge in [-0.1, -0.05) is 12.8 Å². The normalized spacial score (nSPS) is 17.0. The molecule has 0 saturated heterocycles. The lowest BCUT2D eigenvalue weighted by atomic mass is 10.3. The smallest absolute Gasteiger partial charge is 0.281 e. The van der Waals surface area contributed by atoms with Crippen molar-refractivity contribution in [2.24, 2.45) is 0 Å². The summed E-state index contributed by atoms with van der Waals surface area (Å²) < 4.78 is 27.7. The van der Waals surface area contributed by atoms with Gasteiger partial charge in [-0.3, -0.25) is 4.79 Å². The van der Waals surface area contributed by atoms with E-state index in [1.165, 1.54) is 20.9 Å². The van der Waals surface area contributed by atoms with E-state index in [-0.39, 0.29) is 18.1 Å². The zero-order valence-electron chi connectivity index (χ0n) is 12.4. The van der Waals surface area contributed by atoms with Gasteiger partial charge in [0, 0.05) is 45.4 Å². The van der Waals surface area contributed by atoms with Gasteiger partial charge in [-0.2, -0.15) is 17.0 Å². The molecule has 0 atom stereocenters. The monoisotopic (exact) mass is 314 g/mol. The molecule has 1 aromatic heterocycles. The first-order valence-electron chi connectivity index (χ1n) is 7.15. The molecule has 0 spiro atoms. The van der Waals surface area contributed by atoms with Gasteiger partial charge in [0.2, 0.25) is 0 Å². The molecule has 21 heavy (non-hydrogen) atoms. The van der Waals surface area contributed by atoms with Crippen LogP contribution in [0.1, 0.15) is 31.5 Å². The lowest BCUT2D eigenvalue weighted by molar-refractivity contribution is 0.334. The number of hydrogen-bond donors (Lipinski definition) is 1. The van der Waals surface area contributed by atoms with Gasteiger partial charge in [0.15, 0.2) is 0 Å². The standard InChI is InChI=1S/C13H22N4O3S/c1-16(10-8-12-14-9-7-13(18)15-12)21(19,20)17(2)11-5-3-4-6-11/h7,9,11H,3-6,8,10H2,1-2H3,(H,14,15,18). The Morgan fingerprint density at radius 2 is 2.00 bits per heavy atom. The molecule has 1 aromatic rings. The van der Waals surface area contributed by atoms with E-state index < -0.39 is 10.2 Å². The highest BCUT2D eigenvalue weighted by atomic mass is 32.2. The summed E-state index contributed by atoms with van der Waals surface area (Å²) in [4.78, 5) is 17.8. The summed E-state index contributed by atoms with van der Waals surface area (Å²) in [6.07, 6.45) is 5.83. The van der Waals surface area contributed by atoms with Crippen LogP contribution in [0.15, 0.2) is 17.1 Å². The van der Waals surface area contributed by atoms with E-state index in [2.05, 4.69) is 9.97 Å². The quantitative estimate of drug-likeness (QED) is 0.821. The zero-order chi connectivity index (χ0) is 15.5. The van der Waals surface area contributed by atoms with Gasteiger partial charge in [0.25, 0.3) is 15.8 Å². The topological polar surface area (TPSA) is 86.4 Å². The van der Waals surface area contributed by atoms with Crippen LogP contribution in [-0.4, -0.2) is 53.7 Å². The predicted octanol–water partition coefficient (Wildman–Crippen LogP) is 0.363. The Hall–Kier alpha value is -1.25. The first-order valence-corrected chi connectivity index (χ1v) is 8.54. The third kappa shape index (κ3) is 3.90. The van der Waals surface area contributed by atoms with Gasteiger partial charge in [0.1, 0.15) is 5.82 Å². The largest absolute Gasteiger partial charge is 0.311 e. The molecule has 1 heterocycles. The summed E-state index contributed by atoms with van der Waals surface area (Å²) in [6, 6.07) is 1.43. The van der Waals surface area contributed by atoms with Gasteiger partial charge in [-0.05, 0) is 12.8 Å². The fraction of sp³-hybridized carbons (Fsp3) is 0.692. The molecule has 1 fully saturated rings. The van der Waals surface area contributed by atoms with E-state index >= 15 is 0 Å². The van der Waals surface area contributed by atoms with E-state index in [1.807, 2.05) is 0 Å². The highest BCUT2D eigenvalue weighted by molar-refractivity contribution is 7.86. The predicted molar refractivity (Wildman–Crippen MR) is 80.1 cm³/mol. The highest BCUT2D eigenvalue weighted by Crippen LogP contribution is 2.25. The summed E-state index contributed by atoms with van der Waals surface area (Å²) in [5.74, 6) is 0.494. The molecule has 1 aliphatic rings. The van der Waals surface area contributed by atoms with Crippen LogP contribution in [0.4, 0.5) is 0 Å². The van der Waals surface area contributed by atoms with Crippen LogP contribution in [-0.2, 0) is 16.6 Å². The highest BCUT2D eigenvalue weighted by Gasteiger charge is 2.31. The molecule has 0 aromatic carbocycles. The van der Waals surface area contributed by atoms with Crippen molar-refractivity contribution in [3.8, 4) is 0 Å². The molecule has 0 radical (unpaired) electrons. The Morgan fingerprint density at radius 1 is 1.33 bits per heavy atom. The molecule has 0 unspecified atom stereocenters. The van der Waals surface area contributed by atoms with Crippen LogP contribution in [0.5, 0.6) is 0 Å². The second-order valence-electron chi connectivity index (χ2n) is 5.41. The molecule has 1 aliphatic carbocycles. The minimum Gasteiger partial charge on any atom is -0.311 e. The molecule has 0 aliphatic heterocycles. The van der Waals surface area contributed by atoms with Gasteiger partial charge in [-0.15, -0.1) is 0 Å². The van der Waals surface area contributed by atoms with Crippen molar-refractivity contribution in [3.63, 3.8) is 0 Å². The number of aromatic amines is 1. The number of likely N-dealkylation sites (N-methyl/N-ethyl adjacent to an activating group) is 1. The molecule has 1 saturated carbocycles. The van der Waals surface area contributed by atoms with Crippen LogP contribution in [0, 0.1) is 0 Å². The van der Waals surface area contributed by atoms with Crippen LogP contribution in [0.2, 0.25) is 0 Å². The van der Waals surface area contributed by atoms with Crippen LogP contribution < -0.4 is 5.56 Å². The number of aromatic nitrogens is 2. The Balaban J connectivity index is 1.98. The molecule has 1 N–H and O–H groups in total. The summed E-state index contributed by atoms with van der Waals surface area (Å²) in [7, 11) is -0.255. The average molecular weight is 314 g/mol. The zero-order valence-corrected chi connectivity index (χ0v) is 13.3. The third-order valence-electron chi connectivity index (χ3n) is 3.98. The van der Waals surface area contributed by atoms with Crippen molar-refractivity contribution < 1.29 is 8.42 Å². The van der Waals surface area contributed by atoms with Crippen molar-refractivity contribution in [1.82, 2.24) is 18.6 Å². The molecule has 118 valence electrons. The van der Waals surface area contributed by atoms with Crippen LogP contribution in [0.3, 0.4) is 0 Å². The molecule has 0 bridgehead atoms. The summed E-state index contributed by atoms with van der Waals surface area (Å²) in [6.45, 7) is 0.284. The fourth-order valence-corrected chi connectivity index (χ4v) is 3.94. The van der Waals surface area contributed by atoms with E-state index in [1.54, 1.807) is 14.1 Å². The van der Waals surface area contributed by atoms with Gasteiger partial charge in [-0.25, -0.2) is 4.98 Å². The number of nitrogens with zero attached hydrogens (tertiary/aromatic N) is 3. The fourth-order valence-electron chi connectivity index (χ4n) is 2.59. The van der Waals surface area contributed by atoms with Gasteiger partial charge in [0.05, 0.1) is 0 Å². The van der Waals surface area contributed by atoms with Crippen LogP contribution in [0.25, 0.3) is 0 Å². The molecule has 2 rings (SSSR count). The van der Waals surface area contributed by atoms with E-state index in [0.29, 0.717) is 12.2 Å². The number of rotatable bonds is 6. The minimum atomic E-state index is -3.46. The van der Waals surface area contributed by atoms with Crippen molar-refractivity contribution in [2.75, 3.05) is 20.6 Å². The number of hydrogen-bond acceptors (Lipinski definition) is 4. The van der Waals surface area contributed by atoms with Crippen molar-refractivity contribution >= 4 is 10.2 Å². The second kappa shape index (κ2) is 6.67. The number of nitrogens with one attached hydrogen (secondary N) is 1. The van der Waals surface area contributed by atoms with Crippen molar-refractivity contribution in [1.29, 1.82) is 0 Å². The maximum Gasteiger partial charge on any atom is 0.281 e. The maximum absolute atomic E-state index is 12.5. The molecule has 7 nitrogen and oxygen atoms in total. The summed E-state index contributed by atoms with van der Waals surface area (Å²) >= 11 is 0. The lowest BCUT2D eigenvalue weighted by Crippen LogP contribution is -2.44. The Labute approximate surface area is 125 Å². The van der Waals surface area contributed by atoms with Crippen molar-refractivity contribution in [3.05, 3.63) is 28.4 Å². The number of H-pyrrole nitrogens is 1. The minimum absolute atomic E-state index is 0.104. The van der Waals surface area contributed by atoms with Crippen LogP contribution >= 0.6 is 0 Å². The molecule has 8 heteroatoms. The Morgan fingerprint density at radius 3 is 2.62 bits per heavy atom. The summed E-state index contributed by atoms with van der Waals surface area (Å²) in [5, 5.41) is 0. The second-order valence-corrected chi connectivity index (χ2v) is 7.51.